The molecule has 0 saturated heterocycles. The summed E-state index contributed by atoms with van der Waals surface area (Å²) in [4.78, 5) is 0. The second-order valence-electron chi connectivity index (χ2n) is 11.9. The average Bonchev–Trinajstić information content (AvgIpc) is 3.73. The highest BCUT2D eigenvalue weighted by molar-refractivity contribution is 9.69. The first-order chi connectivity index (χ1) is 27.9. The summed E-state index contributed by atoms with van der Waals surface area (Å²) in [5.74, 6) is 2.69. The Morgan fingerprint density at radius 3 is 1.38 bits per heavy atom. The molecule has 2 aromatic heterocycles. The molecule has 6 aromatic carbocycles. The van der Waals surface area contributed by atoms with Gasteiger partial charge in [0.2, 0.25) is 0 Å². The number of ether oxygens (including phenoxy) is 3. The third-order valence-electron chi connectivity index (χ3n) is 8.04. The van der Waals surface area contributed by atoms with Gasteiger partial charge in [-0.05, 0) is 121 Å². The van der Waals surface area contributed by atoms with Crippen molar-refractivity contribution >= 4 is 148 Å². The Kier molecular flexibility index (Phi) is 18.2. The van der Waals surface area contributed by atoms with Crippen LogP contribution in [0.15, 0.2) is 142 Å². The number of fused-ring (bicyclic) bond motifs is 2. The number of rotatable bonds is 7. The van der Waals surface area contributed by atoms with E-state index in [1.807, 2.05) is 54.6 Å². The minimum Gasteiger partial charge on any atom is -0.508 e. The molecule has 8 rings (SSSR count). The predicted octanol–water partition coefficient (Wildman–Crippen LogP) is 17.6. The first-order valence-corrected chi connectivity index (χ1v) is 24.1. The molecule has 0 fully saturated rings. The highest BCUT2D eigenvalue weighted by Gasteiger charge is 2.18. The Bertz CT molecular complexity index is 2530. The summed E-state index contributed by atoms with van der Waals surface area (Å²) in [5.41, 5.74) is 5.55. The van der Waals surface area contributed by atoms with Crippen LogP contribution in [-0.2, 0) is 0 Å². The van der Waals surface area contributed by atoms with E-state index in [1.165, 1.54) is 27.0 Å². The van der Waals surface area contributed by atoms with Crippen molar-refractivity contribution in [2.24, 2.45) is 0 Å². The summed E-state index contributed by atoms with van der Waals surface area (Å²) in [6, 6.07) is 42.6. The molecular formula is C43H32BBr5Cl2O5S2. The zero-order chi connectivity index (χ0) is 41.8. The molecule has 0 spiro atoms. The number of benzene rings is 6. The molecule has 5 nitrogen and oxygen atoms in total. The number of halogens is 7. The highest BCUT2D eigenvalue weighted by atomic mass is 79.9. The van der Waals surface area contributed by atoms with Crippen LogP contribution in [0.3, 0.4) is 0 Å². The molecule has 8 aromatic rings. The van der Waals surface area contributed by atoms with Crippen LogP contribution < -0.4 is 14.2 Å². The second-order valence-corrected chi connectivity index (χ2v) is 23.0. The molecule has 0 aliphatic rings. The van der Waals surface area contributed by atoms with Gasteiger partial charge >= 0.3 is 3.18 Å². The Labute approximate surface area is 397 Å². The topological polar surface area (TPSA) is 68.2 Å². The molecular weight excluding hydrogens is 1140 g/mol. The molecule has 0 radical (unpaired) electrons. The largest absolute Gasteiger partial charge is 0.508 e. The lowest BCUT2D eigenvalue weighted by Gasteiger charge is -2.08. The number of thiophene rings is 2. The maximum Gasteiger partial charge on any atom is 0.369 e. The van der Waals surface area contributed by atoms with Gasteiger partial charge in [0.1, 0.15) is 28.7 Å². The van der Waals surface area contributed by atoms with E-state index in [4.69, 9.17) is 37.4 Å². The van der Waals surface area contributed by atoms with Crippen molar-refractivity contribution in [1.82, 2.24) is 0 Å². The highest BCUT2D eigenvalue weighted by Crippen LogP contribution is 2.48. The van der Waals surface area contributed by atoms with Gasteiger partial charge < -0.3 is 24.4 Å². The molecule has 2 heterocycles. The quantitative estimate of drug-likeness (QED) is 0.123. The lowest BCUT2D eigenvalue weighted by molar-refractivity contribution is 0.413. The number of phenols is 2. The molecule has 0 amide bonds. The first kappa shape index (κ1) is 46.4. The molecule has 58 heavy (non-hydrogen) atoms. The Morgan fingerprint density at radius 1 is 0.552 bits per heavy atom. The first-order valence-electron chi connectivity index (χ1n) is 17.0. The summed E-state index contributed by atoms with van der Waals surface area (Å²) < 4.78 is 22.1. The summed E-state index contributed by atoms with van der Waals surface area (Å²) in [7, 11) is 1.66. The zero-order valence-corrected chi connectivity index (χ0v) is 41.6. The van der Waals surface area contributed by atoms with E-state index in [-0.39, 0.29) is 20.0 Å². The number of phenolic OH excluding ortho intramolecular Hbond substituents is 2. The summed E-state index contributed by atoms with van der Waals surface area (Å²) in [5, 5.41) is 23.3. The maximum atomic E-state index is 9.79. The van der Waals surface area contributed by atoms with Crippen molar-refractivity contribution in [3.63, 3.8) is 0 Å². The van der Waals surface area contributed by atoms with Gasteiger partial charge in [-0.2, -0.15) is 0 Å². The molecule has 0 atom stereocenters. The summed E-state index contributed by atoms with van der Waals surface area (Å²) in [6.07, 6.45) is 0. The van der Waals surface area contributed by atoms with Crippen LogP contribution in [0.1, 0.15) is 5.56 Å². The standard InChI is InChI=1S/C22H17BrO2S.C20H13BrO3S.CH2Cl2.BBr3/c1-14-3-12-19-20(13-14)26-22(21(19)15-4-6-16(23)7-5-15)25-18-10-8-17(24-2)9-11-18;21-13-3-1-12(2-4-13)19-17-10-7-15(23)11-18(17)25-20(19)24-16-8-5-14(22)6-9-16;2-1-3;2-1(3)4/h3-13H,1-2H3;1-11,22-23H;1H2;. The Morgan fingerprint density at radius 2 is 0.931 bits per heavy atom. The number of hydrogen-bond acceptors (Lipinski definition) is 7. The average molecular weight is 1170 g/mol. The van der Waals surface area contributed by atoms with Crippen LogP contribution in [0.25, 0.3) is 42.4 Å². The normalized spacial score (nSPS) is 10.4. The van der Waals surface area contributed by atoms with Gasteiger partial charge in [0.25, 0.3) is 0 Å². The van der Waals surface area contributed by atoms with E-state index in [0.717, 1.165) is 62.9 Å². The predicted molar refractivity (Wildman–Crippen MR) is 267 cm³/mol. The smallest absolute Gasteiger partial charge is 0.369 e. The number of aromatic hydroxyl groups is 2. The fourth-order valence-corrected chi connectivity index (χ4v) is 8.39. The van der Waals surface area contributed by atoms with Crippen molar-refractivity contribution < 1.29 is 24.4 Å². The Balaban J connectivity index is 0.000000191. The van der Waals surface area contributed by atoms with E-state index in [2.05, 4.69) is 129 Å². The third-order valence-corrected chi connectivity index (χ3v) is 11.2. The minimum atomic E-state index is 0.194. The van der Waals surface area contributed by atoms with Crippen molar-refractivity contribution in [3.05, 3.63) is 148 Å². The van der Waals surface area contributed by atoms with Crippen molar-refractivity contribution in [3.8, 4) is 61.1 Å². The van der Waals surface area contributed by atoms with Crippen LogP contribution in [0.2, 0.25) is 0 Å². The van der Waals surface area contributed by atoms with Crippen molar-refractivity contribution in [2.75, 3.05) is 12.4 Å². The molecule has 0 aliphatic carbocycles. The number of hydrogen-bond donors (Lipinski definition) is 2. The lowest BCUT2D eigenvalue weighted by Crippen LogP contribution is -1.86. The van der Waals surface area contributed by atoms with E-state index in [1.54, 1.807) is 54.8 Å². The van der Waals surface area contributed by atoms with Gasteiger partial charge in [0.05, 0.1) is 12.4 Å². The summed E-state index contributed by atoms with van der Waals surface area (Å²) >= 11 is 29.0. The number of aryl methyl sites for hydroxylation is 1. The fraction of sp³-hybridized carbons (Fsp3) is 0.0698. The maximum absolute atomic E-state index is 9.79. The van der Waals surface area contributed by atoms with Crippen LogP contribution in [-0.4, -0.2) is 25.8 Å². The zero-order valence-electron chi connectivity index (χ0n) is 30.6. The minimum absolute atomic E-state index is 0.194. The van der Waals surface area contributed by atoms with E-state index < -0.39 is 0 Å². The van der Waals surface area contributed by atoms with E-state index in [0.29, 0.717) is 5.75 Å². The lowest BCUT2D eigenvalue weighted by atomic mass is 10.0. The van der Waals surface area contributed by atoms with Gasteiger partial charge in [-0.15, -0.1) is 70.5 Å². The van der Waals surface area contributed by atoms with Gasteiger partial charge in [-0.25, -0.2) is 0 Å². The van der Waals surface area contributed by atoms with Gasteiger partial charge in [0, 0.05) is 40.2 Å². The number of methoxy groups -OCH3 is 1. The van der Waals surface area contributed by atoms with Gasteiger partial charge in [-0.3, -0.25) is 0 Å². The molecule has 0 bridgehead atoms. The van der Waals surface area contributed by atoms with Crippen LogP contribution in [0.4, 0.5) is 0 Å². The van der Waals surface area contributed by atoms with Gasteiger partial charge in [0.15, 0.2) is 10.1 Å². The van der Waals surface area contributed by atoms with Gasteiger partial charge in [-0.1, -0.05) is 90.9 Å². The van der Waals surface area contributed by atoms with E-state index >= 15 is 0 Å². The Hall–Kier alpha value is -2.72. The van der Waals surface area contributed by atoms with E-state index in [9.17, 15) is 10.2 Å². The molecule has 2 N–H and O–H groups in total. The molecule has 0 unspecified atom stereocenters. The van der Waals surface area contributed by atoms with Crippen LogP contribution in [0.5, 0.6) is 38.9 Å². The van der Waals surface area contributed by atoms with Crippen molar-refractivity contribution in [2.45, 2.75) is 6.92 Å². The second kappa shape index (κ2) is 22.8. The molecule has 15 heteroatoms. The van der Waals surface area contributed by atoms with Crippen molar-refractivity contribution in [1.29, 1.82) is 0 Å². The molecule has 0 aliphatic heterocycles. The summed E-state index contributed by atoms with van der Waals surface area (Å²) in [6.45, 7) is 2.11. The van der Waals surface area contributed by atoms with Crippen LogP contribution in [0, 0.1) is 6.92 Å². The SMILES string of the molecule is BrB(Br)Br.COc1ccc(Oc2sc3cc(C)ccc3c2-c2ccc(Br)cc2)cc1.ClCCl.Oc1ccc(Oc2sc3cc(O)ccc3c2-c2ccc(Br)cc2)cc1. The molecule has 298 valence electrons. The molecule has 0 saturated carbocycles. The van der Waals surface area contributed by atoms with Crippen LogP contribution >= 0.6 is 125 Å². The third kappa shape index (κ3) is 13.1. The number of alkyl halides is 2. The fourth-order valence-electron chi connectivity index (χ4n) is 5.54. The monoisotopic (exact) mass is 1170 g/mol.